The Hall–Kier alpha value is -0.0903. The van der Waals surface area contributed by atoms with Gasteiger partial charge in [0.1, 0.15) is 0 Å². The summed E-state index contributed by atoms with van der Waals surface area (Å²) in [5.41, 5.74) is 0. The summed E-state index contributed by atoms with van der Waals surface area (Å²) in [5, 5.41) is 0. The minimum atomic E-state index is -5.77. The summed E-state index contributed by atoms with van der Waals surface area (Å²) in [4.78, 5) is 8.77. The molecule has 0 amide bonds. The van der Waals surface area contributed by atoms with Gasteiger partial charge in [-0.2, -0.15) is 44.4 Å². The van der Waals surface area contributed by atoms with Crippen LogP contribution in [0.4, 0.5) is 61.5 Å². The molecule has 0 N–H and O–H groups in total. The summed E-state index contributed by atoms with van der Waals surface area (Å²) >= 11 is 0. The van der Waals surface area contributed by atoms with Gasteiger partial charge < -0.3 is 2.85 Å². The quantitative estimate of drug-likeness (QED) is 0.304. The Morgan fingerprint density at radius 1 is 0.852 bits per heavy atom. The van der Waals surface area contributed by atoms with Crippen LogP contribution in [0.5, 0.6) is 0 Å². The predicted molar refractivity (Wildman–Crippen MR) is 66.1 cm³/mol. The molecule has 0 aromatic carbocycles. The third kappa shape index (κ3) is 17.7. The molecule has 0 saturated carbocycles. The van der Waals surface area contributed by atoms with E-state index in [9.17, 15) is 66.3 Å². The van der Waals surface area contributed by atoms with Gasteiger partial charge in [-0.05, 0) is 0 Å². The van der Waals surface area contributed by atoms with Gasteiger partial charge in [0.2, 0.25) is 18.6 Å². The van der Waals surface area contributed by atoms with Gasteiger partial charge in [0.15, 0.2) is 6.80 Å². The Balaban J connectivity index is -0.0000000659. The van der Waals surface area contributed by atoms with Gasteiger partial charge in [-0.25, -0.2) is 22.0 Å². The number of halogens is 14. The van der Waals surface area contributed by atoms with Crippen molar-refractivity contribution in [1.29, 1.82) is 0 Å². The van der Waals surface area contributed by atoms with Gasteiger partial charge in [-0.1, -0.05) is 0 Å². The molecule has 0 radical (unpaired) electrons. The molecule has 27 heavy (non-hydrogen) atoms. The van der Waals surface area contributed by atoms with Crippen molar-refractivity contribution >= 4 is 43.5 Å². The van der Waals surface area contributed by atoms with Gasteiger partial charge >= 0.3 is 62.9 Å². The van der Waals surface area contributed by atoms with E-state index in [0.29, 0.717) is 0 Å². The number of Topliss-reactive ketones (excluding diaryl/α,β-unsaturated/α-hetero) is 1. The Morgan fingerprint density at radius 2 is 1.15 bits per heavy atom. The molecule has 0 fully saturated rings. The third-order valence-electron chi connectivity index (χ3n) is 1.79. The molecule has 0 unspecified atom stereocenters. The van der Waals surface area contributed by atoms with E-state index in [0.717, 1.165) is 0 Å². The van der Waals surface area contributed by atoms with E-state index >= 15 is 0 Å². The summed E-state index contributed by atoms with van der Waals surface area (Å²) in [6.45, 7) is -8.52. The van der Waals surface area contributed by atoms with Crippen molar-refractivity contribution in [2.24, 2.45) is 0 Å². The number of carbonyl (C=O) groups is 1. The summed E-state index contributed by atoms with van der Waals surface area (Å²) in [7, 11) is 0. The average molecular weight is 469 g/mol. The second-order valence-corrected chi connectivity index (χ2v) is 3.84. The molecule has 17 heteroatoms. The molecule has 0 aliphatic rings. The minimum Gasteiger partial charge on any atom is -1.00 e. The van der Waals surface area contributed by atoms with E-state index in [4.69, 9.17) is 0 Å². The first-order valence-corrected chi connectivity index (χ1v) is 5.81. The van der Waals surface area contributed by atoms with Crippen LogP contribution >= 0.6 is 0 Å². The van der Waals surface area contributed by atoms with Crippen LogP contribution in [0.1, 0.15) is 16.2 Å². The van der Waals surface area contributed by atoms with Crippen LogP contribution < -0.4 is 0 Å². The molecule has 2 nitrogen and oxygen atoms in total. The smallest absolute Gasteiger partial charge is 1.00 e. The van der Waals surface area contributed by atoms with Crippen molar-refractivity contribution < 1.29 is 69.1 Å². The summed E-state index contributed by atoms with van der Waals surface area (Å²) in [6, 6.07) is 0. The molecular weight excluding hydrogens is 456 g/mol. The maximum absolute atomic E-state index is 11.6. The fourth-order valence-electron chi connectivity index (χ4n) is 0.524. The number of carbonyl (C=O) groups excluding carboxylic acids is 1. The van der Waals surface area contributed by atoms with E-state index in [2.05, 4.69) is 0 Å². The average Bonchev–Trinajstić information content (AvgIpc) is 2.36. The molecule has 0 saturated heterocycles. The SMILES string of the molecule is CC(=O)C(F)(F)C(F)(F)F.FC(F)CC(F)F.FCN(C(F)F)C(F)F.[Ca+2].[H-].[H-]. The number of hydrogen-bond acceptors (Lipinski definition) is 2. The molecule has 0 aromatic heterocycles. The van der Waals surface area contributed by atoms with Crippen LogP contribution in [0.3, 0.4) is 0 Å². The van der Waals surface area contributed by atoms with Gasteiger partial charge in [-0.3, -0.25) is 4.79 Å². The van der Waals surface area contributed by atoms with Crippen LogP contribution in [-0.2, 0) is 4.79 Å². The molecule has 0 bridgehead atoms. The van der Waals surface area contributed by atoms with E-state index in [1.54, 1.807) is 0 Å². The van der Waals surface area contributed by atoms with Crippen molar-refractivity contribution in [3.8, 4) is 0 Å². The van der Waals surface area contributed by atoms with Crippen LogP contribution in [-0.4, -0.2) is 93.3 Å². The Morgan fingerprint density at radius 3 is 1.15 bits per heavy atom. The third-order valence-corrected chi connectivity index (χ3v) is 1.79. The molecule has 0 spiro atoms. The van der Waals surface area contributed by atoms with Gasteiger partial charge in [0, 0.05) is 6.92 Å². The monoisotopic (exact) mass is 469 g/mol. The van der Waals surface area contributed by atoms with E-state index in [1.165, 1.54) is 0 Å². The maximum atomic E-state index is 11.6. The van der Waals surface area contributed by atoms with Crippen LogP contribution in [0, 0.1) is 0 Å². The number of nitrogens with zero attached hydrogens (tertiary/aromatic N) is 1. The number of rotatable bonds is 6. The first kappa shape index (κ1) is 34.4. The maximum Gasteiger partial charge on any atom is 2.00 e. The second kappa shape index (κ2) is 15.8. The Bertz CT molecular complexity index is 372. The van der Waals surface area contributed by atoms with Crippen molar-refractivity contribution in [2.45, 2.75) is 51.4 Å². The first-order valence-electron chi connectivity index (χ1n) is 5.81. The zero-order valence-corrected chi connectivity index (χ0v) is 15.3. The second-order valence-electron chi connectivity index (χ2n) is 3.84. The standard InChI is InChI=1S/C4H3F5O.C3H4F5N.C3H4F4.Ca.2H/c1-2(10)3(5,6)4(7,8)9;4-1-9(2(5)6)3(7)8;4-2(5)1-3(6)7;;;/h1H3;2-3H,1H2;2-3H,1H2;;;/q;;;+2;2*-1. The Kier molecular flexibility index (Phi) is 20.1. The molecule has 0 aliphatic carbocycles. The normalized spacial score (nSPS) is 11.9. The van der Waals surface area contributed by atoms with Crippen LogP contribution in [0.2, 0.25) is 0 Å². The molecule has 0 rings (SSSR count). The summed E-state index contributed by atoms with van der Waals surface area (Å²) in [5.74, 6) is -7.40. The fraction of sp³-hybridized carbons (Fsp3) is 0.900. The summed E-state index contributed by atoms with van der Waals surface area (Å²) < 4.78 is 155. The van der Waals surface area contributed by atoms with Gasteiger partial charge in [0.05, 0.1) is 6.42 Å². The van der Waals surface area contributed by atoms with Gasteiger partial charge in [0.25, 0.3) is 0 Å². The molecule has 0 heterocycles. The topological polar surface area (TPSA) is 20.3 Å². The first-order chi connectivity index (χ1) is 11.4. The fourth-order valence-corrected chi connectivity index (χ4v) is 0.524. The predicted octanol–water partition coefficient (Wildman–Crippen LogP) is 5.18. The minimum absolute atomic E-state index is 0. The largest absolute Gasteiger partial charge is 2.00 e. The molecule has 0 aliphatic heterocycles. The Labute approximate surface area is 175 Å². The molecule has 0 aromatic rings. The van der Waals surface area contributed by atoms with Crippen molar-refractivity contribution in [2.75, 3.05) is 6.80 Å². The zero-order chi connectivity index (χ0) is 21.9. The van der Waals surface area contributed by atoms with E-state index < -0.39 is 62.0 Å². The number of alkyl halides is 14. The number of hydrogen-bond donors (Lipinski definition) is 0. The zero-order valence-electron chi connectivity index (χ0n) is 15.1. The van der Waals surface area contributed by atoms with Gasteiger partial charge in [-0.15, -0.1) is 0 Å². The molecule has 164 valence electrons. The molecular formula is C10H13CaF14NO. The van der Waals surface area contributed by atoms with Crippen LogP contribution in [0.15, 0.2) is 0 Å². The van der Waals surface area contributed by atoms with E-state index in [-0.39, 0.29) is 47.5 Å². The van der Waals surface area contributed by atoms with E-state index in [1.807, 2.05) is 0 Å². The van der Waals surface area contributed by atoms with Crippen molar-refractivity contribution in [3.05, 3.63) is 0 Å². The number of ketones is 1. The van der Waals surface area contributed by atoms with Crippen molar-refractivity contribution in [3.63, 3.8) is 0 Å². The van der Waals surface area contributed by atoms with Crippen molar-refractivity contribution in [1.82, 2.24) is 4.90 Å². The molecule has 0 atom stereocenters. The summed E-state index contributed by atoms with van der Waals surface area (Å²) in [6.07, 6.45) is -12.8. The van der Waals surface area contributed by atoms with Crippen LogP contribution in [0.25, 0.3) is 0 Å².